The quantitative estimate of drug-likeness (QED) is 0.871. The highest BCUT2D eigenvalue weighted by molar-refractivity contribution is 6.09. The van der Waals surface area contributed by atoms with Crippen molar-refractivity contribution in [3.05, 3.63) is 29.5 Å². The number of rotatable bonds is 5. The number of fused-ring (bicyclic) bond motifs is 1. The molecule has 2 aromatic rings. The molecule has 1 aromatic heterocycles. The van der Waals surface area contributed by atoms with Gasteiger partial charge in [-0.3, -0.25) is 9.59 Å². The average molecular weight is 372 g/mol. The van der Waals surface area contributed by atoms with Crippen LogP contribution >= 0.6 is 0 Å². The van der Waals surface area contributed by atoms with Crippen molar-refractivity contribution in [2.24, 2.45) is 11.8 Å². The molecule has 6 nitrogen and oxygen atoms in total. The molecular weight excluding hydrogens is 344 g/mol. The number of amides is 1. The zero-order chi connectivity index (χ0) is 19.7. The summed E-state index contributed by atoms with van der Waals surface area (Å²) in [6.07, 6.45) is 1.58. The number of piperidine rings is 1. The summed E-state index contributed by atoms with van der Waals surface area (Å²) in [6.45, 7) is 7.77. The Labute approximate surface area is 159 Å². The number of carboxylic acids is 1. The van der Waals surface area contributed by atoms with E-state index < -0.39 is 11.9 Å². The fraction of sp³-hybridized carbons (Fsp3) is 0.524. The predicted octanol–water partition coefficient (Wildman–Crippen LogP) is 3.55. The van der Waals surface area contributed by atoms with Crippen LogP contribution in [0.5, 0.6) is 5.75 Å². The van der Waals surface area contributed by atoms with Crippen molar-refractivity contribution in [2.45, 2.75) is 40.2 Å². The number of aromatic nitrogens is 1. The fourth-order valence-corrected chi connectivity index (χ4v) is 4.22. The van der Waals surface area contributed by atoms with Crippen molar-refractivity contribution in [2.75, 3.05) is 20.2 Å². The van der Waals surface area contributed by atoms with Gasteiger partial charge in [-0.2, -0.15) is 0 Å². The van der Waals surface area contributed by atoms with Gasteiger partial charge in [-0.25, -0.2) is 0 Å². The van der Waals surface area contributed by atoms with Crippen LogP contribution in [0.2, 0.25) is 0 Å². The van der Waals surface area contributed by atoms with E-state index in [1.165, 1.54) is 0 Å². The first-order valence-corrected chi connectivity index (χ1v) is 9.56. The molecule has 1 aliphatic heterocycles. The highest BCUT2D eigenvalue weighted by Crippen LogP contribution is 2.32. The van der Waals surface area contributed by atoms with Gasteiger partial charge in [0.25, 0.3) is 5.91 Å². The summed E-state index contributed by atoms with van der Waals surface area (Å²) in [5, 5.41) is 10.3. The lowest BCUT2D eigenvalue weighted by Gasteiger charge is -2.34. The van der Waals surface area contributed by atoms with Crippen LogP contribution in [-0.2, 0) is 11.3 Å². The first kappa shape index (κ1) is 19.3. The van der Waals surface area contributed by atoms with Gasteiger partial charge < -0.3 is 19.3 Å². The summed E-state index contributed by atoms with van der Waals surface area (Å²) in [4.78, 5) is 26.7. The Morgan fingerprint density at radius 2 is 2.04 bits per heavy atom. The normalized spacial score (nSPS) is 20.1. The molecule has 3 rings (SSSR count). The third-order valence-corrected chi connectivity index (χ3v) is 5.49. The average Bonchev–Trinajstić information content (AvgIpc) is 2.92. The molecule has 0 aliphatic carbocycles. The zero-order valence-electron chi connectivity index (χ0n) is 16.5. The summed E-state index contributed by atoms with van der Waals surface area (Å²) in [5.74, 6) is -0.538. The maximum Gasteiger partial charge on any atom is 0.308 e. The van der Waals surface area contributed by atoms with Crippen molar-refractivity contribution in [1.29, 1.82) is 0 Å². The number of benzene rings is 1. The standard InChI is InChI=1S/C21H28N2O4/c1-5-8-23-14(3)19(17-10-16(27-4)6-7-18(17)23)20(24)22-11-13(2)9-15(12-22)21(25)26/h6-7,10,13,15H,5,8-9,11-12H2,1-4H3,(H,25,26). The second-order valence-electron chi connectivity index (χ2n) is 7.58. The Balaban J connectivity index is 2.07. The van der Waals surface area contributed by atoms with Crippen molar-refractivity contribution < 1.29 is 19.4 Å². The Morgan fingerprint density at radius 1 is 1.30 bits per heavy atom. The molecule has 0 spiro atoms. The fourth-order valence-electron chi connectivity index (χ4n) is 4.22. The minimum atomic E-state index is -0.828. The molecule has 146 valence electrons. The zero-order valence-corrected chi connectivity index (χ0v) is 16.5. The van der Waals surface area contributed by atoms with Crippen LogP contribution in [0, 0.1) is 18.8 Å². The van der Waals surface area contributed by atoms with E-state index >= 15 is 0 Å². The van der Waals surface area contributed by atoms with Gasteiger partial charge in [-0.05, 0) is 43.9 Å². The Bertz CT molecular complexity index is 871. The van der Waals surface area contributed by atoms with Crippen LogP contribution < -0.4 is 4.74 Å². The number of aliphatic carboxylic acids is 1. The van der Waals surface area contributed by atoms with Crippen LogP contribution in [0.15, 0.2) is 18.2 Å². The van der Waals surface area contributed by atoms with Crippen molar-refractivity contribution in [3.63, 3.8) is 0 Å². The van der Waals surface area contributed by atoms with Crippen LogP contribution in [0.1, 0.15) is 42.7 Å². The molecule has 2 heterocycles. The summed E-state index contributed by atoms with van der Waals surface area (Å²) in [7, 11) is 1.61. The lowest BCUT2D eigenvalue weighted by atomic mass is 9.90. The maximum atomic E-state index is 13.4. The summed E-state index contributed by atoms with van der Waals surface area (Å²) in [5.41, 5.74) is 2.60. The van der Waals surface area contributed by atoms with Gasteiger partial charge in [0.1, 0.15) is 5.75 Å². The number of nitrogens with zero attached hydrogens (tertiary/aromatic N) is 2. The summed E-state index contributed by atoms with van der Waals surface area (Å²) >= 11 is 0. The summed E-state index contributed by atoms with van der Waals surface area (Å²) in [6, 6.07) is 5.81. The molecule has 27 heavy (non-hydrogen) atoms. The van der Waals surface area contributed by atoms with E-state index in [9.17, 15) is 14.7 Å². The second kappa shape index (κ2) is 7.62. The molecule has 0 radical (unpaired) electrons. The third-order valence-electron chi connectivity index (χ3n) is 5.49. The van der Waals surface area contributed by atoms with Crippen LogP contribution in [0.25, 0.3) is 10.9 Å². The van der Waals surface area contributed by atoms with E-state index in [0.29, 0.717) is 24.3 Å². The molecule has 1 saturated heterocycles. The number of carbonyl (C=O) groups is 2. The van der Waals surface area contributed by atoms with E-state index in [1.54, 1.807) is 12.0 Å². The van der Waals surface area contributed by atoms with Crippen LogP contribution in [-0.4, -0.2) is 46.6 Å². The van der Waals surface area contributed by atoms with Gasteiger partial charge in [0, 0.05) is 36.2 Å². The predicted molar refractivity (Wildman–Crippen MR) is 104 cm³/mol. The van der Waals surface area contributed by atoms with Gasteiger partial charge in [0.15, 0.2) is 0 Å². The van der Waals surface area contributed by atoms with E-state index in [-0.39, 0.29) is 18.4 Å². The number of methoxy groups -OCH3 is 1. The molecule has 0 bridgehead atoms. The largest absolute Gasteiger partial charge is 0.497 e. The maximum absolute atomic E-state index is 13.4. The van der Waals surface area contributed by atoms with E-state index in [1.807, 2.05) is 32.0 Å². The molecule has 1 aromatic carbocycles. The molecule has 6 heteroatoms. The molecule has 1 N–H and O–H groups in total. The topological polar surface area (TPSA) is 71.8 Å². The molecular formula is C21H28N2O4. The first-order valence-electron chi connectivity index (χ1n) is 9.56. The number of hydrogen-bond donors (Lipinski definition) is 1. The third kappa shape index (κ3) is 3.53. The minimum Gasteiger partial charge on any atom is -0.497 e. The smallest absolute Gasteiger partial charge is 0.308 e. The molecule has 1 aliphatic rings. The first-order chi connectivity index (χ1) is 12.9. The van der Waals surface area contributed by atoms with Gasteiger partial charge >= 0.3 is 5.97 Å². The summed E-state index contributed by atoms with van der Waals surface area (Å²) < 4.78 is 7.54. The van der Waals surface area contributed by atoms with Crippen molar-refractivity contribution in [3.8, 4) is 5.75 Å². The van der Waals surface area contributed by atoms with Crippen molar-refractivity contribution in [1.82, 2.24) is 9.47 Å². The van der Waals surface area contributed by atoms with Gasteiger partial charge in [-0.1, -0.05) is 13.8 Å². The number of likely N-dealkylation sites (tertiary alicyclic amines) is 1. The molecule has 1 fully saturated rings. The molecule has 1 amide bonds. The van der Waals surface area contributed by atoms with Gasteiger partial charge in [0.2, 0.25) is 0 Å². The van der Waals surface area contributed by atoms with Crippen LogP contribution in [0.3, 0.4) is 0 Å². The Morgan fingerprint density at radius 3 is 2.67 bits per heavy atom. The highest BCUT2D eigenvalue weighted by Gasteiger charge is 2.34. The number of carbonyl (C=O) groups excluding carboxylic acids is 1. The minimum absolute atomic E-state index is 0.0848. The lowest BCUT2D eigenvalue weighted by molar-refractivity contribution is -0.143. The van der Waals surface area contributed by atoms with E-state index in [4.69, 9.17) is 4.74 Å². The van der Waals surface area contributed by atoms with Crippen LogP contribution in [0.4, 0.5) is 0 Å². The monoisotopic (exact) mass is 372 g/mol. The van der Waals surface area contributed by atoms with E-state index in [2.05, 4.69) is 11.5 Å². The van der Waals surface area contributed by atoms with Crippen molar-refractivity contribution >= 4 is 22.8 Å². The van der Waals surface area contributed by atoms with Gasteiger partial charge in [-0.15, -0.1) is 0 Å². The number of aryl methyl sites for hydroxylation is 1. The lowest BCUT2D eigenvalue weighted by Crippen LogP contribution is -2.45. The molecule has 2 atom stereocenters. The van der Waals surface area contributed by atoms with Gasteiger partial charge in [0.05, 0.1) is 18.6 Å². The number of ether oxygens (including phenoxy) is 1. The SMILES string of the molecule is CCCn1c(C)c(C(=O)N2CC(C)CC(C(=O)O)C2)c2cc(OC)ccc21. The second-order valence-corrected chi connectivity index (χ2v) is 7.58. The Hall–Kier alpha value is -2.50. The number of carboxylic acid groups (broad SMARTS) is 1. The Kier molecular flexibility index (Phi) is 5.44. The number of hydrogen-bond acceptors (Lipinski definition) is 3. The molecule has 0 saturated carbocycles. The van der Waals surface area contributed by atoms with E-state index in [0.717, 1.165) is 29.6 Å². The molecule has 2 unspecified atom stereocenters. The highest BCUT2D eigenvalue weighted by atomic mass is 16.5.